The van der Waals surface area contributed by atoms with E-state index in [4.69, 9.17) is 5.73 Å². The van der Waals surface area contributed by atoms with Crippen LogP contribution < -0.4 is 10.5 Å². The van der Waals surface area contributed by atoms with Crippen molar-refractivity contribution in [1.82, 2.24) is 4.72 Å². The van der Waals surface area contributed by atoms with Crippen molar-refractivity contribution in [1.29, 1.82) is 0 Å². The summed E-state index contributed by atoms with van der Waals surface area (Å²) < 4.78 is 27.0. The predicted octanol–water partition coefficient (Wildman–Crippen LogP) is 0.771. The smallest absolute Gasteiger partial charge is 0.241 e. The number of nitrogen functional groups attached to an aromatic ring is 1. The molecule has 1 aliphatic rings. The van der Waals surface area contributed by atoms with Crippen molar-refractivity contribution in [3.05, 3.63) is 23.8 Å². The molecule has 0 spiro atoms. The molecule has 1 fully saturated rings. The standard InChI is InChI=1S/C12H18N2O3S/c1-9-3-4-10(7-11(9)13)18(16,17)14-12(8-15)5-2-6-12/h3-4,7,14-15H,2,5-6,8,13H2,1H3. The second-order valence-electron chi connectivity index (χ2n) is 4.92. The zero-order valence-corrected chi connectivity index (χ0v) is 11.1. The molecule has 0 saturated heterocycles. The van der Waals surface area contributed by atoms with E-state index in [0.717, 1.165) is 12.0 Å². The van der Waals surface area contributed by atoms with Crippen LogP contribution in [-0.2, 0) is 10.0 Å². The molecule has 2 rings (SSSR count). The molecule has 0 amide bonds. The van der Waals surface area contributed by atoms with Gasteiger partial charge in [0, 0.05) is 5.69 Å². The third kappa shape index (κ3) is 2.36. The molecule has 18 heavy (non-hydrogen) atoms. The maximum absolute atomic E-state index is 12.2. The van der Waals surface area contributed by atoms with Crippen molar-refractivity contribution >= 4 is 15.7 Å². The topological polar surface area (TPSA) is 92.4 Å². The number of benzene rings is 1. The van der Waals surface area contributed by atoms with Crippen LogP contribution >= 0.6 is 0 Å². The van der Waals surface area contributed by atoms with Gasteiger partial charge in [0.2, 0.25) is 10.0 Å². The fourth-order valence-corrected chi connectivity index (χ4v) is 3.51. The average molecular weight is 270 g/mol. The third-order valence-corrected chi connectivity index (χ3v) is 5.10. The van der Waals surface area contributed by atoms with Gasteiger partial charge in [-0.1, -0.05) is 6.07 Å². The number of anilines is 1. The van der Waals surface area contributed by atoms with Crippen molar-refractivity contribution in [2.24, 2.45) is 0 Å². The van der Waals surface area contributed by atoms with E-state index in [1.807, 2.05) is 6.92 Å². The normalized spacial score (nSPS) is 18.3. The molecule has 0 aliphatic heterocycles. The predicted molar refractivity (Wildman–Crippen MR) is 69.6 cm³/mol. The summed E-state index contributed by atoms with van der Waals surface area (Å²) in [6, 6.07) is 4.65. The van der Waals surface area contributed by atoms with Crippen LogP contribution in [0.3, 0.4) is 0 Å². The molecule has 1 aromatic rings. The molecule has 0 atom stereocenters. The fraction of sp³-hybridized carbons (Fsp3) is 0.500. The van der Waals surface area contributed by atoms with E-state index in [-0.39, 0.29) is 11.5 Å². The molecular weight excluding hydrogens is 252 g/mol. The Balaban J connectivity index is 2.28. The Morgan fingerprint density at radius 1 is 1.44 bits per heavy atom. The molecule has 0 unspecified atom stereocenters. The van der Waals surface area contributed by atoms with Gasteiger partial charge in [0.15, 0.2) is 0 Å². The molecule has 0 radical (unpaired) electrons. The van der Waals surface area contributed by atoms with Gasteiger partial charge in [-0.3, -0.25) is 0 Å². The summed E-state index contributed by atoms with van der Waals surface area (Å²) in [6.07, 6.45) is 2.27. The third-order valence-electron chi connectivity index (χ3n) is 3.53. The Labute approximate surface area is 107 Å². The number of sulfonamides is 1. The second kappa shape index (κ2) is 4.53. The van der Waals surface area contributed by atoms with Crippen LogP contribution in [0.1, 0.15) is 24.8 Å². The highest BCUT2D eigenvalue weighted by Gasteiger charge is 2.40. The van der Waals surface area contributed by atoms with Crippen LogP contribution in [0.5, 0.6) is 0 Å². The summed E-state index contributed by atoms with van der Waals surface area (Å²) in [6.45, 7) is 1.65. The molecule has 1 saturated carbocycles. The van der Waals surface area contributed by atoms with Crippen molar-refractivity contribution in [3.63, 3.8) is 0 Å². The summed E-state index contributed by atoms with van der Waals surface area (Å²) in [7, 11) is -3.62. The van der Waals surface area contributed by atoms with E-state index in [1.165, 1.54) is 12.1 Å². The lowest BCUT2D eigenvalue weighted by Gasteiger charge is -2.40. The van der Waals surface area contributed by atoms with E-state index < -0.39 is 15.6 Å². The first-order valence-corrected chi connectivity index (χ1v) is 7.38. The summed E-state index contributed by atoms with van der Waals surface area (Å²) in [5.41, 5.74) is 6.33. The summed E-state index contributed by atoms with van der Waals surface area (Å²) in [5, 5.41) is 9.29. The van der Waals surface area contributed by atoms with E-state index in [1.54, 1.807) is 6.07 Å². The number of aliphatic hydroxyl groups excluding tert-OH is 1. The first-order chi connectivity index (χ1) is 8.38. The number of aryl methyl sites for hydroxylation is 1. The number of hydrogen-bond donors (Lipinski definition) is 3. The minimum Gasteiger partial charge on any atom is -0.398 e. The van der Waals surface area contributed by atoms with Crippen LogP contribution in [0.25, 0.3) is 0 Å². The lowest BCUT2D eigenvalue weighted by atomic mass is 9.78. The minimum atomic E-state index is -3.62. The van der Waals surface area contributed by atoms with Gasteiger partial charge < -0.3 is 10.8 Å². The van der Waals surface area contributed by atoms with Gasteiger partial charge in [0.1, 0.15) is 0 Å². The van der Waals surface area contributed by atoms with Gasteiger partial charge in [-0.2, -0.15) is 0 Å². The van der Waals surface area contributed by atoms with E-state index in [9.17, 15) is 13.5 Å². The largest absolute Gasteiger partial charge is 0.398 e. The molecule has 0 heterocycles. The highest BCUT2D eigenvalue weighted by molar-refractivity contribution is 7.89. The highest BCUT2D eigenvalue weighted by atomic mass is 32.2. The van der Waals surface area contributed by atoms with Crippen molar-refractivity contribution in [3.8, 4) is 0 Å². The van der Waals surface area contributed by atoms with E-state index >= 15 is 0 Å². The van der Waals surface area contributed by atoms with E-state index in [0.29, 0.717) is 18.5 Å². The first-order valence-electron chi connectivity index (χ1n) is 5.90. The lowest BCUT2D eigenvalue weighted by molar-refractivity contribution is 0.110. The Kier molecular flexibility index (Phi) is 3.35. The zero-order valence-electron chi connectivity index (χ0n) is 10.3. The molecule has 100 valence electrons. The van der Waals surface area contributed by atoms with Gasteiger partial charge in [0.25, 0.3) is 0 Å². The van der Waals surface area contributed by atoms with Crippen LogP contribution in [0.2, 0.25) is 0 Å². The Morgan fingerprint density at radius 3 is 2.56 bits per heavy atom. The van der Waals surface area contributed by atoms with Crippen molar-refractivity contribution in [2.75, 3.05) is 12.3 Å². The monoisotopic (exact) mass is 270 g/mol. The van der Waals surface area contributed by atoms with Crippen LogP contribution in [0.4, 0.5) is 5.69 Å². The molecule has 0 bridgehead atoms. The number of nitrogens with two attached hydrogens (primary N) is 1. The number of hydrogen-bond acceptors (Lipinski definition) is 4. The first kappa shape index (κ1) is 13.3. The number of rotatable bonds is 4. The number of nitrogens with one attached hydrogen (secondary N) is 1. The van der Waals surface area contributed by atoms with Crippen LogP contribution in [0, 0.1) is 6.92 Å². The Hall–Kier alpha value is -1.11. The average Bonchev–Trinajstić information content (AvgIpc) is 2.27. The zero-order chi connectivity index (χ0) is 13.4. The summed E-state index contributed by atoms with van der Waals surface area (Å²) in [5.74, 6) is 0. The second-order valence-corrected chi connectivity index (χ2v) is 6.60. The van der Waals surface area contributed by atoms with Crippen molar-refractivity contribution in [2.45, 2.75) is 36.6 Å². The Bertz CT molecular complexity index is 545. The highest BCUT2D eigenvalue weighted by Crippen LogP contribution is 2.33. The lowest BCUT2D eigenvalue weighted by Crippen LogP contribution is -2.55. The van der Waals surface area contributed by atoms with Gasteiger partial charge >= 0.3 is 0 Å². The molecule has 6 heteroatoms. The molecular formula is C12H18N2O3S. The fourth-order valence-electron chi connectivity index (χ4n) is 2.03. The van der Waals surface area contributed by atoms with Crippen LogP contribution in [-0.4, -0.2) is 25.7 Å². The molecule has 4 N–H and O–H groups in total. The number of aliphatic hydroxyl groups is 1. The maximum atomic E-state index is 12.2. The van der Waals surface area contributed by atoms with E-state index in [2.05, 4.69) is 4.72 Å². The van der Waals surface area contributed by atoms with Crippen molar-refractivity contribution < 1.29 is 13.5 Å². The van der Waals surface area contributed by atoms with Gasteiger partial charge in [-0.05, 0) is 43.9 Å². The van der Waals surface area contributed by atoms with Gasteiger partial charge in [-0.15, -0.1) is 0 Å². The molecule has 0 aromatic heterocycles. The molecule has 5 nitrogen and oxygen atoms in total. The summed E-state index contributed by atoms with van der Waals surface area (Å²) >= 11 is 0. The maximum Gasteiger partial charge on any atom is 0.241 e. The Morgan fingerprint density at radius 2 is 2.11 bits per heavy atom. The SMILES string of the molecule is Cc1ccc(S(=O)(=O)NC2(CO)CCC2)cc1N. The molecule has 1 aliphatic carbocycles. The van der Waals surface area contributed by atoms with Gasteiger partial charge in [-0.25, -0.2) is 13.1 Å². The van der Waals surface area contributed by atoms with Crippen LogP contribution in [0.15, 0.2) is 23.1 Å². The minimum absolute atomic E-state index is 0.144. The quantitative estimate of drug-likeness (QED) is 0.705. The van der Waals surface area contributed by atoms with Gasteiger partial charge in [0.05, 0.1) is 17.0 Å². The summed E-state index contributed by atoms with van der Waals surface area (Å²) in [4.78, 5) is 0.144. The molecule has 1 aromatic carbocycles.